The number of hydrogen-bond acceptors (Lipinski definition) is 24. The molecular formula is C43H48O24. The lowest BCUT2D eigenvalue weighted by molar-refractivity contribution is -0.363. The van der Waals surface area contributed by atoms with Crippen LogP contribution in [0.15, 0.2) is 69.9 Å². The van der Waals surface area contributed by atoms with Gasteiger partial charge < -0.3 is 109 Å². The lowest BCUT2D eigenvalue weighted by Crippen LogP contribution is -2.65. The van der Waals surface area contributed by atoms with Gasteiger partial charge in [0.2, 0.25) is 17.5 Å². The van der Waals surface area contributed by atoms with E-state index in [1.165, 1.54) is 55.7 Å². The van der Waals surface area contributed by atoms with Gasteiger partial charge in [0.15, 0.2) is 42.0 Å². The molecule has 24 heteroatoms. The summed E-state index contributed by atoms with van der Waals surface area (Å²) >= 11 is 0. The summed E-state index contributed by atoms with van der Waals surface area (Å²) in [6.45, 7) is -2.64. The molecule has 4 aromatic rings. The number of methoxy groups -OCH3 is 1. The maximum Gasteiger partial charge on any atom is 0.331 e. The Bertz CT molecular complexity index is 2440. The van der Waals surface area contributed by atoms with E-state index in [1.54, 1.807) is 0 Å². The van der Waals surface area contributed by atoms with Gasteiger partial charge in [-0.25, -0.2) is 4.79 Å². The van der Waals surface area contributed by atoms with Gasteiger partial charge in [0, 0.05) is 23.8 Å². The Labute approximate surface area is 377 Å². The molecule has 3 aromatic carbocycles. The SMILES string of the molecule is COc1cc(C=CC(=O)O[C@H]2[C@H](OC[C@H]3O[C@@H](Oc4c(-c5ccc(O)cc5)oc5cc(O)cc(O)c5c4=O)[C@H](O[C@@H]4O[C@H](CO)[C@@H](O)[C@H](O)[C@H]4O)[C@@H](O)[C@@H]3O)O[C@H](CO)[C@@H](O)[C@@H]2O)ccc1O. The van der Waals surface area contributed by atoms with Gasteiger partial charge in [-0.3, -0.25) is 4.79 Å². The molecule has 364 valence electrons. The monoisotopic (exact) mass is 948 g/mol. The van der Waals surface area contributed by atoms with Crippen molar-refractivity contribution in [2.45, 2.75) is 92.1 Å². The Morgan fingerprint density at radius 1 is 0.672 bits per heavy atom. The normalized spacial score (nSPS) is 32.3. The molecule has 15 atom stereocenters. The number of carbonyl (C=O) groups is 1. The Morgan fingerprint density at radius 2 is 1.30 bits per heavy atom. The van der Waals surface area contributed by atoms with Gasteiger partial charge >= 0.3 is 5.97 Å². The molecule has 3 fully saturated rings. The fraction of sp³-hybridized carbons (Fsp3) is 0.442. The summed E-state index contributed by atoms with van der Waals surface area (Å²) in [6.07, 6.45) is -26.4. The van der Waals surface area contributed by atoms with Gasteiger partial charge in [-0.05, 0) is 48.0 Å². The zero-order chi connectivity index (χ0) is 48.4. The number of phenols is 4. The van der Waals surface area contributed by atoms with Crippen molar-refractivity contribution in [1.29, 1.82) is 0 Å². The molecule has 13 N–H and O–H groups in total. The Kier molecular flexibility index (Phi) is 15.2. The number of phenolic OH excluding ortho intramolecular Hbond substituents is 4. The summed E-state index contributed by atoms with van der Waals surface area (Å²) in [4.78, 5) is 27.3. The van der Waals surface area contributed by atoms with Gasteiger partial charge in [0.25, 0.3) is 0 Å². The van der Waals surface area contributed by atoms with E-state index in [2.05, 4.69) is 0 Å². The van der Waals surface area contributed by atoms with Gasteiger partial charge in [-0.1, -0.05) is 6.07 Å². The van der Waals surface area contributed by atoms with E-state index in [0.29, 0.717) is 5.56 Å². The standard InChI is InChI=1S/C43H48O24/c1-59-22-10-16(2-8-20(22)48)3-9-27(50)65-39-34(56)30(52)25(14-45)63-42(39)60-15-26-31(53)35(57)40(67-41-36(58)33(55)29(51)24(13-44)62-41)43(64-26)66-38-32(54)28-21(49)11-19(47)12-23(28)61-37(38)17-4-6-18(46)7-5-17/h2-12,24-26,29-31,33-36,39-49,51-53,55-58H,13-15H2,1H3/t24-,25-,26-,29-,30-,31-,33+,34+,35+,36-,39-,40-,41+,42-,43+/m1/s1. The predicted molar refractivity (Wildman–Crippen MR) is 220 cm³/mol. The van der Waals surface area contributed by atoms with Crippen molar-refractivity contribution in [2.75, 3.05) is 26.9 Å². The van der Waals surface area contributed by atoms with Gasteiger partial charge in [-0.2, -0.15) is 0 Å². The van der Waals surface area contributed by atoms with Crippen LogP contribution in [0.4, 0.5) is 0 Å². The highest BCUT2D eigenvalue weighted by atomic mass is 16.8. The summed E-state index contributed by atoms with van der Waals surface area (Å²) in [6, 6.07) is 11.0. The quantitative estimate of drug-likeness (QED) is 0.0455. The zero-order valence-electron chi connectivity index (χ0n) is 34.9. The fourth-order valence-corrected chi connectivity index (χ4v) is 7.55. The number of ether oxygens (including phenoxy) is 8. The highest BCUT2D eigenvalue weighted by Gasteiger charge is 2.53. The first-order valence-corrected chi connectivity index (χ1v) is 20.4. The first-order valence-electron chi connectivity index (χ1n) is 20.4. The van der Waals surface area contributed by atoms with Crippen molar-refractivity contribution in [3.8, 4) is 45.8 Å². The molecule has 3 saturated heterocycles. The first-order chi connectivity index (χ1) is 31.9. The molecule has 0 spiro atoms. The molecule has 3 aliphatic rings. The minimum absolute atomic E-state index is 0.0594. The molecule has 3 aliphatic heterocycles. The van der Waals surface area contributed by atoms with Crippen LogP contribution >= 0.6 is 0 Å². The summed E-state index contributed by atoms with van der Waals surface area (Å²) in [7, 11) is 1.31. The first kappa shape index (κ1) is 49.2. The molecule has 0 aliphatic carbocycles. The topological polar surface area (TPSA) is 384 Å². The lowest BCUT2D eigenvalue weighted by atomic mass is 9.97. The molecule has 0 unspecified atom stereocenters. The highest BCUT2D eigenvalue weighted by Crippen LogP contribution is 2.39. The second-order valence-corrected chi connectivity index (χ2v) is 15.6. The molecule has 1 aromatic heterocycles. The van der Waals surface area contributed by atoms with Crippen LogP contribution in [0.1, 0.15) is 5.56 Å². The van der Waals surface area contributed by atoms with E-state index in [-0.39, 0.29) is 28.4 Å². The largest absolute Gasteiger partial charge is 0.508 e. The number of fused-ring (bicyclic) bond motifs is 1. The average Bonchev–Trinajstić information content (AvgIpc) is 3.30. The fourth-order valence-electron chi connectivity index (χ4n) is 7.55. The molecule has 0 saturated carbocycles. The highest BCUT2D eigenvalue weighted by molar-refractivity contribution is 5.88. The maximum absolute atomic E-state index is 14.3. The zero-order valence-corrected chi connectivity index (χ0v) is 34.9. The van der Waals surface area contributed by atoms with Crippen LogP contribution < -0.4 is 14.9 Å². The van der Waals surface area contributed by atoms with E-state index < -0.39 is 152 Å². The van der Waals surface area contributed by atoms with Gasteiger partial charge in [0.1, 0.15) is 89.3 Å². The summed E-state index contributed by atoms with van der Waals surface area (Å²) in [5.74, 6) is -3.83. The molecule has 0 bridgehead atoms. The van der Waals surface area contributed by atoms with Crippen molar-refractivity contribution in [2.24, 2.45) is 0 Å². The summed E-state index contributed by atoms with van der Waals surface area (Å²) < 4.78 is 51.3. The predicted octanol–water partition coefficient (Wildman–Crippen LogP) is -2.62. The number of aromatic hydroxyl groups is 4. The number of aliphatic hydroxyl groups is 9. The van der Waals surface area contributed by atoms with E-state index in [4.69, 9.17) is 42.3 Å². The van der Waals surface area contributed by atoms with Crippen LogP contribution in [0, 0.1) is 0 Å². The van der Waals surface area contributed by atoms with E-state index >= 15 is 0 Å². The molecular weight excluding hydrogens is 900 g/mol. The van der Waals surface area contributed by atoms with Crippen molar-refractivity contribution in [1.82, 2.24) is 0 Å². The van der Waals surface area contributed by atoms with Gasteiger partial charge in [0.05, 0.1) is 26.9 Å². The van der Waals surface area contributed by atoms with E-state index in [0.717, 1.165) is 18.2 Å². The van der Waals surface area contributed by atoms with Crippen LogP contribution in [0.5, 0.6) is 34.5 Å². The third kappa shape index (κ3) is 10.3. The number of hydrogen-bond donors (Lipinski definition) is 13. The van der Waals surface area contributed by atoms with Crippen molar-refractivity contribution in [3.05, 3.63) is 76.5 Å². The number of carbonyl (C=O) groups excluding carboxylic acids is 1. The van der Waals surface area contributed by atoms with E-state index in [9.17, 15) is 76.0 Å². The third-order valence-corrected chi connectivity index (χ3v) is 11.2. The molecule has 7 rings (SSSR count). The number of benzene rings is 3. The second kappa shape index (κ2) is 20.7. The van der Waals surface area contributed by atoms with Crippen LogP contribution in [0.25, 0.3) is 28.4 Å². The number of esters is 1. The van der Waals surface area contributed by atoms with Crippen molar-refractivity contribution in [3.63, 3.8) is 0 Å². The van der Waals surface area contributed by atoms with Crippen LogP contribution in [-0.2, 0) is 33.2 Å². The average molecular weight is 949 g/mol. The minimum Gasteiger partial charge on any atom is -0.508 e. The maximum atomic E-state index is 14.3. The number of rotatable bonds is 14. The van der Waals surface area contributed by atoms with Crippen LogP contribution in [-0.4, -0.2) is 191 Å². The Hall–Kier alpha value is -5.68. The Morgan fingerprint density at radius 3 is 1.97 bits per heavy atom. The third-order valence-electron chi connectivity index (χ3n) is 11.2. The van der Waals surface area contributed by atoms with Crippen LogP contribution in [0.2, 0.25) is 0 Å². The minimum atomic E-state index is -2.18. The molecule has 24 nitrogen and oxygen atoms in total. The molecule has 67 heavy (non-hydrogen) atoms. The Balaban J connectivity index is 1.21. The lowest BCUT2D eigenvalue weighted by Gasteiger charge is -2.46. The van der Waals surface area contributed by atoms with Crippen LogP contribution in [0.3, 0.4) is 0 Å². The summed E-state index contributed by atoms with van der Waals surface area (Å²) in [5.41, 5.74) is -1.01. The van der Waals surface area contributed by atoms with Crippen molar-refractivity contribution >= 4 is 23.0 Å². The second-order valence-electron chi connectivity index (χ2n) is 15.6. The number of aliphatic hydroxyl groups excluding tert-OH is 9. The molecule has 0 amide bonds. The summed E-state index contributed by atoms with van der Waals surface area (Å²) in [5, 5.41) is 137. The smallest absolute Gasteiger partial charge is 0.331 e. The molecule has 4 heterocycles. The van der Waals surface area contributed by atoms with Gasteiger partial charge in [-0.15, -0.1) is 0 Å². The molecule has 0 radical (unpaired) electrons. The van der Waals surface area contributed by atoms with E-state index in [1.807, 2.05) is 0 Å². The van der Waals surface area contributed by atoms with Crippen molar-refractivity contribution < 1.29 is 113 Å².